The fourth-order valence-electron chi connectivity index (χ4n) is 4.10. The lowest BCUT2D eigenvalue weighted by Gasteiger charge is -2.08. The average molecular weight is 460 g/mol. The van der Waals surface area contributed by atoms with Gasteiger partial charge in [0.2, 0.25) is 5.91 Å². The Bertz CT molecular complexity index is 365. The predicted molar refractivity (Wildman–Crippen MR) is 137 cm³/mol. The van der Waals surface area contributed by atoms with Gasteiger partial charge in [-0.15, -0.1) is 11.6 Å². The summed E-state index contributed by atoms with van der Waals surface area (Å²) in [6.45, 7) is 2.93. The van der Waals surface area contributed by atoms with E-state index in [4.69, 9.17) is 11.6 Å². The van der Waals surface area contributed by atoms with Crippen LogP contribution in [-0.2, 0) is 4.79 Å². The van der Waals surface area contributed by atoms with Gasteiger partial charge in [0.25, 0.3) is 0 Å². The van der Waals surface area contributed by atoms with Crippen molar-refractivity contribution in [3.05, 3.63) is 0 Å². The zero-order chi connectivity index (χ0) is 22.8. The summed E-state index contributed by atoms with van der Waals surface area (Å²) in [5, 5.41) is 12.3. The minimum absolute atomic E-state index is 0.146. The van der Waals surface area contributed by atoms with E-state index in [0.717, 1.165) is 19.3 Å². The third kappa shape index (κ3) is 25.9. The van der Waals surface area contributed by atoms with Crippen LogP contribution in [0.2, 0.25) is 0 Å². The number of amides is 1. The van der Waals surface area contributed by atoms with E-state index in [9.17, 15) is 9.90 Å². The van der Waals surface area contributed by atoms with Crippen molar-refractivity contribution in [2.45, 2.75) is 154 Å². The number of halogens is 1. The second-order valence-electron chi connectivity index (χ2n) is 9.41. The van der Waals surface area contributed by atoms with Crippen LogP contribution in [0.3, 0.4) is 0 Å². The third-order valence-corrected chi connectivity index (χ3v) is 6.58. The molecule has 2 N–H and O–H groups in total. The summed E-state index contributed by atoms with van der Waals surface area (Å²) in [6, 6.07) is 0. The number of aliphatic hydroxyl groups is 1. The van der Waals surface area contributed by atoms with Gasteiger partial charge in [-0.05, 0) is 19.3 Å². The monoisotopic (exact) mass is 459 g/mol. The topological polar surface area (TPSA) is 49.3 Å². The number of carbonyl (C=O) groups is 1. The van der Waals surface area contributed by atoms with Gasteiger partial charge >= 0.3 is 0 Å². The van der Waals surface area contributed by atoms with E-state index in [0.29, 0.717) is 19.4 Å². The second kappa shape index (κ2) is 26.0. The number of carbonyl (C=O) groups excluding carboxylic acids is 1. The van der Waals surface area contributed by atoms with Gasteiger partial charge in [-0.25, -0.2) is 0 Å². The second-order valence-corrected chi connectivity index (χ2v) is 9.72. The molecule has 4 heteroatoms. The van der Waals surface area contributed by atoms with Gasteiger partial charge in [0, 0.05) is 18.8 Å². The van der Waals surface area contributed by atoms with Crippen LogP contribution in [-0.4, -0.2) is 29.5 Å². The molecular formula is C27H54ClNO2. The highest BCUT2D eigenvalue weighted by Crippen LogP contribution is 2.14. The summed E-state index contributed by atoms with van der Waals surface area (Å²) in [5.74, 6) is 0.417. The zero-order valence-corrected chi connectivity index (χ0v) is 21.5. The van der Waals surface area contributed by atoms with Crippen molar-refractivity contribution in [3.63, 3.8) is 0 Å². The molecule has 0 bridgehead atoms. The fraction of sp³-hybridized carbons (Fsp3) is 0.963. The molecule has 0 aliphatic rings. The Hall–Kier alpha value is -0.280. The molecule has 0 saturated heterocycles. The molecule has 0 radical (unpaired) electrons. The molecule has 1 amide bonds. The molecule has 31 heavy (non-hydrogen) atoms. The molecule has 1 atom stereocenters. The molecule has 0 aromatic heterocycles. The highest BCUT2D eigenvalue weighted by molar-refractivity contribution is 6.18. The zero-order valence-electron chi connectivity index (χ0n) is 20.8. The van der Waals surface area contributed by atoms with Crippen LogP contribution in [0.4, 0.5) is 0 Å². The van der Waals surface area contributed by atoms with Gasteiger partial charge in [-0.2, -0.15) is 0 Å². The number of hydrogen-bond acceptors (Lipinski definition) is 2. The Labute approximate surface area is 199 Å². The Balaban J connectivity index is 3.13. The first-order chi connectivity index (χ1) is 15.2. The van der Waals surface area contributed by atoms with Crippen molar-refractivity contribution >= 4 is 17.5 Å². The molecule has 0 rings (SSSR count). The predicted octanol–water partition coefficient (Wildman–Crippen LogP) is 8.30. The largest absolute Gasteiger partial charge is 0.392 e. The number of hydrogen-bond donors (Lipinski definition) is 2. The van der Waals surface area contributed by atoms with Crippen LogP contribution in [0.1, 0.15) is 148 Å². The van der Waals surface area contributed by atoms with Crippen LogP contribution in [0.25, 0.3) is 0 Å². The van der Waals surface area contributed by atoms with Crippen molar-refractivity contribution < 1.29 is 9.90 Å². The van der Waals surface area contributed by atoms with Crippen LogP contribution in [0.5, 0.6) is 0 Å². The Morgan fingerprint density at radius 2 is 1.06 bits per heavy atom. The van der Waals surface area contributed by atoms with Crippen molar-refractivity contribution in [1.82, 2.24) is 5.32 Å². The van der Waals surface area contributed by atoms with Crippen LogP contribution in [0, 0.1) is 0 Å². The van der Waals surface area contributed by atoms with Crippen molar-refractivity contribution in [2.75, 3.05) is 12.4 Å². The van der Waals surface area contributed by atoms with Crippen molar-refractivity contribution in [1.29, 1.82) is 0 Å². The maximum absolute atomic E-state index is 11.7. The number of aliphatic hydroxyl groups excluding tert-OH is 1. The molecule has 0 aliphatic heterocycles. The lowest BCUT2D eigenvalue weighted by atomic mass is 10.0. The number of nitrogens with one attached hydrogen (secondary N) is 1. The maximum atomic E-state index is 11.7. The van der Waals surface area contributed by atoms with Crippen LogP contribution < -0.4 is 5.32 Å². The lowest BCUT2D eigenvalue weighted by molar-refractivity contribution is -0.121. The number of rotatable bonds is 25. The highest BCUT2D eigenvalue weighted by Gasteiger charge is 2.03. The quantitative estimate of drug-likeness (QED) is 0.106. The molecule has 3 nitrogen and oxygen atoms in total. The number of unbranched alkanes of at least 4 members (excludes halogenated alkanes) is 18. The van der Waals surface area contributed by atoms with E-state index >= 15 is 0 Å². The van der Waals surface area contributed by atoms with Gasteiger partial charge in [0.05, 0.1) is 6.10 Å². The first kappa shape index (κ1) is 30.7. The van der Waals surface area contributed by atoms with E-state index in [1.807, 2.05) is 0 Å². The van der Waals surface area contributed by atoms with Crippen LogP contribution in [0.15, 0.2) is 0 Å². The molecule has 0 aromatic rings. The maximum Gasteiger partial charge on any atom is 0.219 e. The highest BCUT2D eigenvalue weighted by atomic mass is 35.5. The minimum atomic E-state index is -0.446. The number of alkyl halides is 1. The van der Waals surface area contributed by atoms with E-state index < -0.39 is 6.10 Å². The molecule has 1 unspecified atom stereocenters. The summed E-state index contributed by atoms with van der Waals surface area (Å²) in [7, 11) is 0. The molecule has 0 heterocycles. The van der Waals surface area contributed by atoms with E-state index in [1.54, 1.807) is 0 Å². The Morgan fingerprint density at radius 3 is 1.45 bits per heavy atom. The molecule has 0 saturated carbocycles. The molecule has 0 fully saturated rings. The minimum Gasteiger partial charge on any atom is -0.392 e. The van der Waals surface area contributed by atoms with Gasteiger partial charge in [-0.3, -0.25) is 4.79 Å². The first-order valence-corrected chi connectivity index (χ1v) is 14.2. The standard InChI is InChI=1S/C27H54ClNO2/c1-2-3-4-5-6-7-8-9-10-11-12-13-14-15-16-17-18-19-20-23-27(31)29-24-21-22-26(30)25-28/h26,30H,2-25H2,1H3,(H,29,31). The SMILES string of the molecule is CCCCCCCCCCCCCCCCCCCCCC(=O)NCCCC(O)CCl. The van der Waals surface area contributed by atoms with Gasteiger partial charge < -0.3 is 10.4 Å². The normalized spacial score (nSPS) is 12.2. The molecule has 0 spiro atoms. The molecular weight excluding hydrogens is 406 g/mol. The summed E-state index contributed by atoms with van der Waals surface area (Å²) >= 11 is 5.55. The summed E-state index contributed by atoms with van der Waals surface area (Å²) in [6.07, 6.45) is 27.7. The molecule has 186 valence electrons. The third-order valence-electron chi connectivity index (χ3n) is 6.22. The summed E-state index contributed by atoms with van der Waals surface area (Å²) in [4.78, 5) is 11.7. The van der Waals surface area contributed by atoms with Crippen molar-refractivity contribution in [3.8, 4) is 0 Å². The fourth-order valence-corrected chi connectivity index (χ4v) is 4.25. The van der Waals surface area contributed by atoms with Crippen molar-refractivity contribution in [2.24, 2.45) is 0 Å². The smallest absolute Gasteiger partial charge is 0.219 e. The first-order valence-electron chi connectivity index (χ1n) is 13.7. The molecule has 0 aliphatic carbocycles. The van der Waals surface area contributed by atoms with E-state index in [2.05, 4.69) is 12.2 Å². The lowest BCUT2D eigenvalue weighted by Crippen LogP contribution is -2.25. The molecule has 0 aromatic carbocycles. The van der Waals surface area contributed by atoms with Crippen LogP contribution >= 0.6 is 11.6 Å². The van der Waals surface area contributed by atoms with E-state index in [1.165, 1.54) is 109 Å². The summed E-state index contributed by atoms with van der Waals surface area (Å²) in [5.41, 5.74) is 0. The Kier molecular flexibility index (Phi) is 25.7. The summed E-state index contributed by atoms with van der Waals surface area (Å²) < 4.78 is 0. The van der Waals surface area contributed by atoms with Gasteiger partial charge in [0.1, 0.15) is 0 Å². The van der Waals surface area contributed by atoms with E-state index in [-0.39, 0.29) is 11.8 Å². The van der Waals surface area contributed by atoms with Gasteiger partial charge in [0.15, 0.2) is 0 Å². The van der Waals surface area contributed by atoms with Gasteiger partial charge in [-0.1, -0.05) is 122 Å². The average Bonchev–Trinajstić information content (AvgIpc) is 2.78. The Morgan fingerprint density at radius 1 is 0.677 bits per heavy atom.